The lowest BCUT2D eigenvalue weighted by Gasteiger charge is -2.21. The Hall–Kier alpha value is -3.09. The molecule has 0 saturated heterocycles. The lowest BCUT2D eigenvalue weighted by atomic mass is 10.1. The van der Waals surface area contributed by atoms with Crippen LogP contribution in [0.15, 0.2) is 54.6 Å². The topological polar surface area (TPSA) is 59.8 Å². The van der Waals surface area contributed by atoms with Gasteiger partial charge in [-0.25, -0.2) is 0 Å². The first-order valence-corrected chi connectivity index (χ1v) is 11.0. The molecular formula is C26H31N3O3. The van der Waals surface area contributed by atoms with Crippen LogP contribution in [0, 0.1) is 13.8 Å². The molecule has 1 unspecified atom stereocenters. The van der Waals surface area contributed by atoms with Crippen molar-refractivity contribution in [2.24, 2.45) is 0 Å². The molecule has 3 heterocycles. The van der Waals surface area contributed by atoms with E-state index in [2.05, 4.69) is 40.8 Å². The molecule has 4 bridgehead atoms. The van der Waals surface area contributed by atoms with Crippen LogP contribution >= 0.6 is 0 Å². The molecule has 1 aromatic heterocycles. The first-order chi connectivity index (χ1) is 15.5. The molecule has 3 aromatic rings. The molecule has 32 heavy (non-hydrogen) atoms. The van der Waals surface area contributed by atoms with Crippen molar-refractivity contribution in [3.63, 3.8) is 0 Å². The van der Waals surface area contributed by atoms with Crippen LogP contribution in [0.5, 0.6) is 11.5 Å². The maximum Gasteiger partial charge on any atom is 0.120 e. The van der Waals surface area contributed by atoms with E-state index in [9.17, 15) is 5.11 Å². The van der Waals surface area contributed by atoms with Crippen molar-refractivity contribution < 1.29 is 14.6 Å². The fraction of sp³-hybridized carbons (Fsp3) is 0.346. The van der Waals surface area contributed by atoms with E-state index in [1.54, 1.807) is 0 Å². The van der Waals surface area contributed by atoms with Gasteiger partial charge < -0.3 is 14.6 Å². The van der Waals surface area contributed by atoms with Gasteiger partial charge in [0.15, 0.2) is 0 Å². The molecule has 0 amide bonds. The molecular weight excluding hydrogens is 402 g/mol. The molecule has 6 nitrogen and oxygen atoms in total. The Morgan fingerprint density at radius 1 is 0.969 bits per heavy atom. The number of fused-ring (bicyclic) bond motifs is 9. The average molecular weight is 434 g/mol. The molecule has 2 aromatic carbocycles. The summed E-state index contributed by atoms with van der Waals surface area (Å²) < 4.78 is 13.7. The number of aromatic nitrogens is 2. The summed E-state index contributed by atoms with van der Waals surface area (Å²) >= 11 is 0. The zero-order chi connectivity index (χ0) is 22.5. The molecule has 1 atom stereocenters. The predicted octanol–water partition coefficient (Wildman–Crippen LogP) is 3.83. The number of hydrogen-bond acceptors (Lipinski definition) is 5. The van der Waals surface area contributed by atoms with Crippen LogP contribution in [0.1, 0.15) is 28.1 Å². The van der Waals surface area contributed by atoms with Crippen LogP contribution in [-0.4, -0.2) is 52.7 Å². The SMILES string of the molecule is Cc1nn2c(C)c1CN(C)CC(O)COc1ccc(cc1)OC/C=C\c1ccccc1C2. The van der Waals surface area contributed by atoms with Crippen LogP contribution in [-0.2, 0) is 13.1 Å². The third kappa shape index (κ3) is 5.39. The van der Waals surface area contributed by atoms with E-state index in [1.165, 1.54) is 11.1 Å². The van der Waals surface area contributed by atoms with E-state index < -0.39 is 6.10 Å². The third-order valence-electron chi connectivity index (χ3n) is 5.77. The van der Waals surface area contributed by atoms with Crippen molar-refractivity contribution in [3.8, 4) is 11.5 Å². The van der Waals surface area contributed by atoms with Gasteiger partial charge in [0.2, 0.25) is 0 Å². The third-order valence-corrected chi connectivity index (χ3v) is 5.77. The Kier molecular flexibility index (Phi) is 6.93. The first-order valence-electron chi connectivity index (χ1n) is 11.0. The summed E-state index contributed by atoms with van der Waals surface area (Å²) in [6.45, 7) is 6.82. The number of nitrogens with zero attached hydrogens (tertiary/aromatic N) is 3. The molecule has 6 heteroatoms. The van der Waals surface area contributed by atoms with Gasteiger partial charge in [0, 0.05) is 24.3 Å². The summed E-state index contributed by atoms with van der Waals surface area (Å²) in [5.74, 6) is 1.49. The average Bonchev–Trinajstić information content (AvgIpc) is 3.04. The highest BCUT2D eigenvalue weighted by atomic mass is 16.5. The summed E-state index contributed by atoms with van der Waals surface area (Å²) in [5.41, 5.74) is 5.74. The second-order valence-electron chi connectivity index (χ2n) is 8.35. The second kappa shape index (κ2) is 10.0. The quantitative estimate of drug-likeness (QED) is 0.584. The van der Waals surface area contributed by atoms with Crippen molar-refractivity contribution in [2.45, 2.75) is 33.0 Å². The van der Waals surface area contributed by atoms with Gasteiger partial charge in [-0.2, -0.15) is 5.10 Å². The first kappa shape index (κ1) is 22.1. The van der Waals surface area contributed by atoms with E-state index in [-0.39, 0.29) is 6.61 Å². The molecule has 168 valence electrons. The smallest absolute Gasteiger partial charge is 0.120 e. The van der Waals surface area contributed by atoms with Gasteiger partial charge >= 0.3 is 0 Å². The summed E-state index contributed by atoms with van der Waals surface area (Å²) in [5, 5.41) is 15.3. The Bertz CT molecular complexity index is 1070. The summed E-state index contributed by atoms with van der Waals surface area (Å²) in [4.78, 5) is 2.11. The zero-order valence-corrected chi connectivity index (χ0v) is 19.0. The fourth-order valence-electron chi connectivity index (χ4n) is 4.01. The van der Waals surface area contributed by atoms with Gasteiger partial charge in [0.1, 0.15) is 30.8 Å². The molecule has 0 radical (unpaired) electrons. The van der Waals surface area contributed by atoms with E-state index in [0.29, 0.717) is 25.4 Å². The second-order valence-corrected chi connectivity index (χ2v) is 8.35. The number of likely N-dealkylation sites (N-methyl/N-ethyl adjacent to an activating group) is 1. The van der Waals surface area contributed by atoms with Gasteiger partial charge in [0.05, 0.1) is 12.2 Å². The lowest BCUT2D eigenvalue weighted by molar-refractivity contribution is 0.0742. The Balaban J connectivity index is 1.63. The van der Waals surface area contributed by atoms with Gasteiger partial charge in [-0.05, 0) is 62.4 Å². The maximum absolute atomic E-state index is 10.5. The summed E-state index contributed by atoms with van der Waals surface area (Å²) in [7, 11) is 2.01. The van der Waals surface area contributed by atoms with Crippen molar-refractivity contribution in [1.29, 1.82) is 0 Å². The van der Waals surface area contributed by atoms with Crippen LogP contribution in [0.2, 0.25) is 0 Å². The van der Waals surface area contributed by atoms with Crippen LogP contribution in [0.4, 0.5) is 0 Å². The van der Waals surface area contributed by atoms with Crippen molar-refractivity contribution >= 4 is 6.08 Å². The van der Waals surface area contributed by atoms with E-state index in [1.807, 2.05) is 50.4 Å². The predicted molar refractivity (Wildman–Crippen MR) is 126 cm³/mol. The van der Waals surface area contributed by atoms with Crippen LogP contribution in [0.3, 0.4) is 0 Å². The van der Waals surface area contributed by atoms with Gasteiger partial charge in [-0.3, -0.25) is 9.58 Å². The minimum atomic E-state index is -0.589. The monoisotopic (exact) mass is 433 g/mol. The van der Waals surface area contributed by atoms with Crippen molar-refractivity contribution in [2.75, 3.05) is 26.8 Å². The van der Waals surface area contributed by atoms with Crippen LogP contribution in [0.25, 0.3) is 6.08 Å². The number of benzene rings is 2. The minimum absolute atomic E-state index is 0.237. The molecule has 5 rings (SSSR count). The van der Waals surface area contributed by atoms with E-state index >= 15 is 0 Å². The van der Waals surface area contributed by atoms with Crippen LogP contribution < -0.4 is 9.47 Å². The standard InChI is InChI=1S/C26H31N3O3/c1-19-26-17-28(3)16-23(30)18-32-25-12-10-24(11-13-25)31-14-6-9-21-7-4-5-8-22(21)15-29(27-19)20(26)2/h4-13,23,30H,14-18H2,1-3H3/b9-6-. The number of aryl methyl sites for hydroxylation is 1. The largest absolute Gasteiger partial charge is 0.491 e. The number of ether oxygens (including phenoxy) is 2. The fourth-order valence-corrected chi connectivity index (χ4v) is 4.01. The molecule has 0 aliphatic carbocycles. The number of hydrogen-bond donors (Lipinski definition) is 1. The maximum atomic E-state index is 10.5. The molecule has 0 spiro atoms. The lowest BCUT2D eigenvalue weighted by Crippen LogP contribution is -2.33. The molecule has 0 fully saturated rings. The Morgan fingerprint density at radius 3 is 2.47 bits per heavy atom. The number of rotatable bonds is 0. The number of aliphatic hydroxyl groups excluding tert-OH is 1. The van der Waals surface area contributed by atoms with E-state index in [0.717, 1.165) is 29.2 Å². The van der Waals surface area contributed by atoms with Gasteiger partial charge in [0.25, 0.3) is 0 Å². The van der Waals surface area contributed by atoms with Gasteiger partial charge in [-0.15, -0.1) is 0 Å². The van der Waals surface area contributed by atoms with E-state index in [4.69, 9.17) is 14.6 Å². The highest BCUT2D eigenvalue weighted by molar-refractivity contribution is 5.54. The van der Waals surface area contributed by atoms with Gasteiger partial charge in [-0.1, -0.05) is 30.3 Å². The Morgan fingerprint density at radius 2 is 1.69 bits per heavy atom. The zero-order valence-electron chi connectivity index (χ0n) is 19.0. The molecule has 1 N–H and O–H groups in total. The molecule has 2 aliphatic heterocycles. The Labute approximate surface area is 189 Å². The minimum Gasteiger partial charge on any atom is -0.491 e. The molecule has 0 saturated carbocycles. The summed E-state index contributed by atoms with van der Waals surface area (Å²) in [6, 6.07) is 15.9. The molecule has 2 aliphatic rings. The number of aliphatic hydroxyl groups is 1. The van der Waals surface area contributed by atoms with Crippen molar-refractivity contribution in [1.82, 2.24) is 14.7 Å². The summed E-state index contributed by atoms with van der Waals surface area (Å²) in [6.07, 6.45) is 3.54. The highest BCUT2D eigenvalue weighted by Crippen LogP contribution is 2.21. The van der Waals surface area contributed by atoms with Crippen molar-refractivity contribution in [3.05, 3.63) is 82.7 Å². The highest BCUT2D eigenvalue weighted by Gasteiger charge is 2.16. The normalized spacial score (nSPS) is 18.9.